The molecule has 0 aliphatic rings. The van der Waals surface area contributed by atoms with E-state index in [-0.39, 0.29) is 35.4 Å². The predicted molar refractivity (Wildman–Crippen MR) is 263 cm³/mol. The van der Waals surface area contributed by atoms with E-state index >= 15 is 0 Å². The molecule has 0 saturated carbocycles. The van der Waals surface area contributed by atoms with Crippen molar-refractivity contribution in [2.24, 2.45) is 0 Å². The monoisotopic (exact) mass is 793 g/mol. The highest BCUT2D eigenvalue weighted by molar-refractivity contribution is 6.22. The maximum atomic E-state index is 9.88. The maximum absolute atomic E-state index is 9.88. The highest BCUT2D eigenvalue weighted by atomic mass is 16.3. The zero-order valence-electron chi connectivity index (χ0n) is 37.6. The molecule has 2 nitrogen and oxygen atoms in total. The van der Waals surface area contributed by atoms with Gasteiger partial charge >= 0.3 is 0 Å². The van der Waals surface area contributed by atoms with Gasteiger partial charge in [-0.25, -0.2) is 0 Å². The Morgan fingerprint density at radius 2 is 0.952 bits per heavy atom. The van der Waals surface area contributed by atoms with Crippen LogP contribution in [0.25, 0.3) is 98.8 Å². The fraction of sp³-hybridized carbons (Fsp3) is 0. The Balaban J connectivity index is 1.08. The lowest BCUT2D eigenvalue weighted by molar-refractivity contribution is 0.673. The Kier molecular flexibility index (Phi) is 7.57. The Bertz CT molecular complexity index is 3860. The SMILES string of the molecule is [2H]c1c([2H])c(N(c2ccc(-c3ccc4ccccc4c3)cc2)c2ccccc2-c2cc3ccccc3c3oc4ccccc4c23)c([2H])c([2H])c1-c1cccc(-c2cccc3ccccc23)c1. The molecule has 11 aromatic carbocycles. The highest BCUT2D eigenvalue weighted by Gasteiger charge is 2.22. The lowest BCUT2D eigenvalue weighted by Gasteiger charge is -2.28. The number of para-hydroxylation sites is 2. The third kappa shape index (κ3) is 6.12. The zero-order chi connectivity index (χ0) is 44.5. The number of anilines is 3. The van der Waals surface area contributed by atoms with Gasteiger partial charge in [-0.3, -0.25) is 0 Å². The first kappa shape index (κ1) is 31.7. The molecule has 0 spiro atoms. The van der Waals surface area contributed by atoms with Crippen molar-refractivity contribution in [3.8, 4) is 44.5 Å². The number of benzene rings is 11. The normalized spacial score (nSPS) is 12.5. The average Bonchev–Trinajstić information content (AvgIpc) is 3.77. The van der Waals surface area contributed by atoms with Crippen LogP contribution in [0, 0.1) is 0 Å². The third-order valence-corrected chi connectivity index (χ3v) is 12.1. The summed E-state index contributed by atoms with van der Waals surface area (Å²) in [5.74, 6) is 0. The highest BCUT2D eigenvalue weighted by Crippen LogP contribution is 2.47. The van der Waals surface area contributed by atoms with Crippen molar-refractivity contribution in [1.29, 1.82) is 0 Å². The van der Waals surface area contributed by atoms with Crippen LogP contribution in [0.2, 0.25) is 0 Å². The fourth-order valence-corrected chi connectivity index (χ4v) is 9.11. The van der Waals surface area contributed by atoms with E-state index in [1.54, 1.807) is 0 Å². The number of rotatable bonds is 7. The van der Waals surface area contributed by atoms with Gasteiger partial charge in [0.1, 0.15) is 11.2 Å². The third-order valence-electron chi connectivity index (χ3n) is 12.1. The largest absolute Gasteiger partial charge is 0.455 e. The molecule has 0 aliphatic heterocycles. The molecule has 12 aromatic rings. The quantitative estimate of drug-likeness (QED) is 0.160. The van der Waals surface area contributed by atoms with E-state index in [1.807, 2.05) is 120 Å². The summed E-state index contributed by atoms with van der Waals surface area (Å²) in [5.41, 5.74) is 9.78. The molecule has 0 bridgehead atoms. The first-order valence-corrected chi connectivity index (χ1v) is 20.9. The summed E-state index contributed by atoms with van der Waals surface area (Å²) in [4.78, 5) is 1.90. The summed E-state index contributed by atoms with van der Waals surface area (Å²) in [6.45, 7) is 0. The van der Waals surface area contributed by atoms with Gasteiger partial charge in [0, 0.05) is 33.1 Å². The summed E-state index contributed by atoms with van der Waals surface area (Å²) in [5, 5.41) is 8.49. The molecule has 1 heterocycles. The van der Waals surface area contributed by atoms with Crippen molar-refractivity contribution in [2.75, 3.05) is 4.90 Å². The first-order chi connectivity index (χ1) is 32.4. The van der Waals surface area contributed by atoms with E-state index in [4.69, 9.17) is 4.42 Å². The molecule has 0 radical (unpaired) electrons. The van der Waals surface area contributed by atoms with Gasteiger partial charge in [-0.1, -0.05) is 182 Å². The van der Waals surface area contributed by atoms with Crippen LogP contribution >= 0.6 is 0 Å². The fourth-order valence-electron chi connectivity index (χ4n) is 9.11. The van der Waals surface area contributed by atoms with Crippen molar-refractivity contribution in [3.05, 3.63) is 236 Å². The van der Waals surface area contributed by atoms with Gasteiger partial charge in [0.05, 0.1) is 11.2 Å². The Labute approximate surface area is 365 Å². The van der Waals surface area contributed by atoms with Crippen LogP contribution in [0.1, 0.15) is 5.48 Å². The first-order valence-electron chi connectivity index (χ1n) is 22.9. The number of nitrogens with zero attached hydrogens (tertiary/aromatic N) is 1. The minimum absolute atomic E-state index is 0.120. The van der Waals surface area contributed by atoms with Gasteiger partial charge < -0.3 is 9.32 Å². The molecule has 62 heavy (non-hydrogen) atoms. The van der Waals surface area contributed by atoms with Gasteiger partial charge in [0.25, 0.3) is 0 Å². The molecular weight excluding hydrogens is 751 g/mol. The summed E-state index contributed by atoms with van der Waals surface area (Å²) >= 11 is 0. The molecule has 0 aliphatic carbocycles. The lowest BCUT2D eigenvalue weighted by atomic mass is 9.93. The van der Waals surface area contributed by atoms with E-state index < -0.39 is 0 Å². The van der Waals surface area contributed by atoms with E-state index in [0.717, 1.165) is 82.3 Å². The van der Waals surface area contributed by atoms with Gasteiger partial charge in [0.2, 0.25) is 0 Å². The summed E-state index contributed by atoms with van der Waals surface area (Å²) < 4.78 is 45.8. The minimum Gasteiger partial charge on any atom is -0.455 e. The number of furan rings is 1. The van der Waals surface area contributed by atoms with Crippen LogP contribution in [0.3, 0.4) is 0 Å². The van der Waals surface area contributed by atoms with Gasteiger partial charge in [-0.05, 0) is 120 Å². The van der Waals surface area contributed by atoms with E-state index in [1.165, 1.54) is 5.39 Å². The van der Waals surface area contributed by atoms with Crippen LogP contribution < -0.4 is 4.90 Å². The van der Waals surface area contributed by atoms with Crippen molar-refractivity contribution in [3.63, 3.8) is 0 Å². The number of hydrogen-bond donors (Lipinski definition) is 0. The summed E-state index contributed by atoms with van der Waals surface area (Å²) in [6, 6.07) is 71.2. The second-order valence-electron chi connectivity index (χ2n) is 15.7. The van der Waals surface area contributed by atoms with Crippen LogP contribution in [-0.2, 0) is 0 Å². The van der Waals surface area contributed by atoms with Crippen LogP contribution in [-0.4, -0.2) is 0 Å². The molecular formula is C60H39NO. The topological polar surface area (TPSA) is 16.4 Å². The second-order valence-corrected chi connectivity index (χ2v) is 15.7. The molecule has 0 atom stereocenters. The summed E-state index contributed by atoms with van der Waals surface area (Å²) in [7, 11) is 0. The Morgan fingerprint density at radius 1 is 0.339 bits per heavy atom. The molecule has 1 aromatic heterocycles. The molecule has 0 fully saturated rings. The molecule has 12 rings (SSSR count). The smallest absolute Gasteiger partial charge is 0.143 e. The Morgan fingerprint density at radius 3 is 1.81 bits per heavy atom. The lowest BCUT2D eigenvalue weighted by Crippen LogP contribution is -2.11. The zero-order valence-corrected chi connectivity index (χ0v) is 33.6. The minimum atomic E-state index is -0.146. The van der Waals surface area contributed by atoms with Crippen LogP contribution in [0.15, 0.2) is 241 Å². The van der Waals surface area contributed by atoms with E-state index in [2.05, 4.69) is 97.1 Å². The molecule has 0 amide bonds. The molecule has 290 valence electrons. The molecule has 0 unspecified atom stereocenters. The van der Waals surface area contributed by atoms with Crippen LogP contribution in [0.5, 0.6) is 0 Å². The standard InChI is InChI=1S/C60H39NO/c1-2-15-44-37-46(28-27-40(44)13-1)42-31-35-50(36-32-42)61(49-33-29-41(30-34-49)45-18-11-19-47(38-45)52-24-12-17-43-14-3-5-20-51(43)52)57-25-9-7-22-54(57)56-39-48-16-4-6-21-53(48)60-59(56)55-23-8-10-26-58(55)62-60/h1-39H/i29D,30D,33D,34D. The van der Waals surface area contributed by atoms with Gasteiger partial charge in [-0.15, -0.1) is 0 Å². The Hall–Kier alpha value is -8.20. The predicted octanol–water partition coefficient (Wildman–Crippen LogP) is 17.2. The molecule has 2 heteroatoms. The van der Waals surface area contributed by atoms with Gasteiger partial charge in [-0.2, -0.15) is 0 Å². The molecule has 0 N–H and O–H groups in total. The number of hydrogen-bond acceptors (Lipinski definition) is 2. The van der Waals surface area contributed by atoms with Gasteiger partial charge in [0.15, 0.2) is 0 Å². The van der Waals surface area contributed by atoms with Crippen LogP contribution in [0.4, 0.5) is 17.1 Å². The summed E-state index contributed by atoms with van der Waals surface area (Å²) in [6.07, 6.45) is 0. The van der Waals surface area contributed by atoms with E-state index in [9.17, 15) is 5.48 Å². The van der Waals surface area contributed by atoms with Crippen molar-refractivity contribution in [2.45, 2.75) is 0 Å². The maximum Gasteiger partial charge on any atom is 0.143 e. The van der Waals surface area contributed by atoms with Crippen molar-refractivity contribution < 1.29 is 9.90 Å². The van der Waals surface area contributed by atoms with Crippen molar-refractivity contribution >= 4 is 71.3 Å². The molecule has 0 saturated heterocycles. The number of fused-ring (bicyclic) bond motifs is 7. The average molecular weight is 794 g/mol. The second kappa shape index (κ2) is 14.8. The van der Waals surface area contributed by atoms with Crippen molar-refractivity contribution in [1.82, 2.24) is 0 Å². The van der Waals surface area contributed by atoms with E-state index in [0.29, 0.717) is 16.9 Å².